The van der Waals surface area contributed by atoms with Gasteiger partial charge in [0.15, 0.2) is 0 Å². The summed E-state index contributed by atoms with van der Waals surface area (Å²) in [7, 11) is 0. The van der Waals surface area contributed by atoms with E-state index < -0.39 is 0 Å². The average molecular weight is 183 g/mol. The van der Waals surface area contributed by atoms with Crippen LogP contribution < -0.4 is 11.5 Å². The van der Waals surface area contributed by atoms with E-state index >= 15 is 0 Å². The molecule has 0 spiro atoms. The highest BCUT2D eigenvalue weighted by molar-refractivity contribution is 7.98. The van der Waals surface area contributed by atoms with Crippen molar-refractivity contribution in [2.45, 2.75) is 6.04 Å². The average Bonchev–Trinajstić information content (AvgIpc) is 2.05. The molecule has 1 unspecified atom stereocenters. The van der Waals surface area contributed by atoms with Gasteiger partial charge < -0.3 is 11.5 Å². The van der Waals surface area contributed by atoms with Gasteiger partial charge in [0.25, 0.3) is 0 Å². The van der Waals surface area contributed by atoms with Crippen molar-refractivity contribution in [3.05, 3.63) is 23.9 Å². The van der Waals surface area contributed by atoms with Crippen molar-refractivity contribution in [3.63, 3.8) is 0 Å². The molecule has 0 aliphatic rings. The van der Waals surface area contributed by atoms with Crippen molar-refractivity contribution < 1.29 is 0 Å². The number of thioether (sulfide) groups is 1. The van der Waals surface area contributed by atoms with Gasteiger partial charge >= 0.3 is 0 Å². The fourth-order valence-electron chi connectivity index (χ4n) is 1.01. The summed E-state index contributed by atoms with van der Waals surface area (Å²) < 4.78 is 0. The maximum absolute atomic E-state index is 5.87. The zero-order chi connectivity index (χ0) is 8.97. The lowest BCUT2D eigenvalue weighted by Crippen LogP contribution is -2.15. The predicted octanol–water partition coefficient (Wildman–Crippen LogP) is 1.03. The van der Waals surface area contributed by atoms with Crippen LogP contribution >= 0.6 is 11.8 Å². The molecular formula is C8H13N3S. The quantitative estimate of drug-likeness (QED) is 0.734. The lowest BCUT2D eigenvalue weighted by molar-refractivity contribution is 0.830. The third-order valence-corrected chi connectivity index (χ3v) is 2.31. The van der Waals surface area contributed by atoms with Crippen LogP contribution in [0.15, 0.2) is 18.3 Å². The fourth-order valence-corrected chi connectivity index (χ4v) is 1.55. The van der Waals surface area contributed by atoms with Gasteiger partial charge in [0.05, 0.1) is 0 Å². The van der Waals surface area contributed by atoms with Crippen molar-refractivity contribution in [1.82, 2.24) is 4.98 Å². The smallest absolute Gasteiger partial charge is 0.128 e. The third kappa shape index (κ3) is 2.12. The molecular weight excluding hydrogens is 170 g/mol. The molecule has 0 aromatic carbocycles. The second-order valence-corrected chi connectivity index (χ2v) is 3.45. The first-order chi connectivity index (χ1) is 5.75. The zero-order valence-corrected chi connectivity index (χ0v) is 7.84. The Balaban J connectivity index is 2.79. The van der Waals surface area contributed by atoms with Gasteiger partial charge in [-0.1, -0.05) is 6.07 Å². The zero-order valence-electron chi connectivity index (χ0n) is 7.03. The van der Waals surface area contributed by atoms with Crippen molar-refractivity contribution in [1.29, 1.82) is 0 Å². The number of nitrogens with two attached hydrogens (primary N) is 2. The maximum atomic E-state index is 5.87. The highest BCUT2D eigenvalue weighted by Gasteiger charge is 2.08. The Bertz CT molecular complexity index is 252. The summed E-state index contributed by atoms with van der Waals surface area (Å²) in [6.07, 6.45) is 3.69. The number of nitrogens with zero attached hydrogens (tertiary/aromatic N) is 1. The Morgan fingerprint density at radius 1 is 1.67 bits per heavy atom. The van der Waals surface area contributed by atoms with Crippen LogP contribution in [0.4, 0.5) is 5.82 Å². The summed E-state index contributed by atoms with van der Waals surface area (Å²) in [4.78, 5) is 3.97. The number of hydrogen-bond acceptors (Lipinski definition) is 4. The van der Waals surface area contributed by atoms with Gasteiger partial charge in [-0.2, -0.15) is 11.8 Å². The number of rotatable bonds is 3. The molecule has 1 aromatic heterocycles. The highest BCUT2D eigenvalue weighted by atomic mass is 32.2. The van der Waals surface area contributed by atoms with Crippen molar-refractivity contribution >= 4 is 17.6 Å². The first-order valence-electron chi connectivity index (χ1n) is 3.70. The van der Waals surface area contributed by atoms with Gasteiger partial charge in [-0.3, -0.25) is 0 Å². The molecule has 0 aliphatic carbocycles. The minimum Gasteiger partial charge on any atom is -0.383 e. The van der Waals surface area contributed by atoms with Crippen LogP contribution in [-0.2, 0) is 0 Å². The third-order valence-electron chi connectivity index (χ3n) is 1.62. The second-order valence-electron chi connectivity index (χ2n) is 2.54. The van der Waals surface area contributed by atoms with Gasteiger partial charge in [0.2, 0.25) is 0 Å². The van der Waals surface area contributed by atoms with E-state index in [0.29, 0.717) is 5.82 Å². The van der Waals surface area contributed by atoms with Crippen molar-refractivity contribution in [3.8, 4) is 0 Å². The molecule has 4 N–H and O–H groups in total. The normalized spacial score (nSPS) is 12.8. The van der Waals surface area contributed by atoms with Crippen LogP contribution in [0.2, 0.25) is 0 Å². The lowest BCUT2D eigenvalue weighted by atomic mass is 10.1. The molecule has 12 heavy (non-hydrogen) atoms. The Hall–Kier alpha value is -0.740. The van der Waals surface area contributed by atoms with Crippen LogP contribution in [0.25, 0.3) is 0 Å². The largest absolute Gasteiger partial charge is 0.383 e. The summed E-state index contributed by atoms with van der Waals surface area (Å²) in [6.45, 7) is 0. The monoisotopic (exact) mass is 183 g/mol. The van der Waals surface area contributed by atoms with Gasteiger partial charge in [0, 0.05) is 23.6 Å². The Kier molecular flexibility index (Phi) is 3.37. The van der Waals surface area contributed by atoms with E-state index in [-0.39, 0.29) is 6.04 Å². The van der Waals surface area contributed by atoms with Crippen LogP contribution in [0.1, 0.15) is 11.6 Å². The predicted molar refractivity (Wildman–Crippen MR) is 54.0 cm³/mol. The van der Waals surface area contributed by atoms with Gasteiger partial charge in [-0.25, -0.2) is 4.98 Å². The summed E-state index contributed by atoms with van der Waals surface area (Å²) in [5.41, 5.74) is 12.5. The fraction of sp³-hybridized carbons (Fsp3) is 0.375. The molecule has 66 valence electrons. The van der Waals surface area contributed by atoms with Crippen LogP contribution in [0.3, 0.4) is 0 Å². The summed E-state index contributed by atoms with van der Waals surface area (Å²) in [6, 6.07) is 3.77. The first-order valence-corrected chi connectivity index (χ1v) is 5.10. The van der Waals surface area contributed by atoms with E-state index in [1.807, 2.05) is 18.4 Å². The topological polar surface area (TPSA) is 64.9 Å². The van der Waals surface area contributed by atoms with E-state index in [2.05, 4.69) is 4.98 Å². The Morgan fingerprint density at radius 3 is 3.00 bits per heavy atom. The molecule has 0 saturated carbocycles. The number of aromatic nitrogens is 1. The van der Waals surface area contributed by atoms with Crippen molar-refractivity contribution in [2.24, 2.45) is 5.73 Å². The van der Waals surface area contributed by atoms with E-state index in [9.17, 15) is 0 Å². The molecule has 1 aromatic rings. The van der Waals surface area contributed by atoms with E-state index in [1.165, 1.54) is 0 Å². The SMILES string of the molecule is CSCC(N)c1cccnc1N. The summed E-state index contributed by atoms with van der Waals surface area (Å²) in [5, 5.41) is 0. The number of anilines is 1. The first kappa shape index (κ1) is 9.35. The molecule has 1 rings (SSSR count). The Labute approximate surface area is 76.5 Å². The maximum Gasteiger partial charge on any atom is 0.128 e. The van der Waals surface area contributed by atoms with E-state index in [0.717, 1.165) is 11.3 Å². The molecule has 4 heteroatoms. The molecule has 0 fully saturated rings. The standard InChI is InChI=1S/C8H13N3S/c1-12-5-7(9)6-3-2-4-11-8(6)10/h2-4,7H,5,9H2,1H3,(H2,10,11). The Morgan fingerprint density at radius 2 is 2.42 bits per heavy atom. The van der Waals surface area contributed by atoms with Crippen LogP contribution in [0, 0.1) is 0 Å². The molecule has 0 bridgehead atoms. The molecule has 0 radical (unpaired) electrons. The summed E-state index contributed by atoms with van der Waals surface area (Å²) >= 11 is 1.70. The molecule has 1 atom stereocenters. The number of nitrogen functional groups attached to an aromatic ring is 1. The van der Waals surface area contributed by atoms with Crippen LogP contribution in [0.5, 0.6) is 0 Å². The molecule has 0 amide bonds. The number of hydrogen-bond donors (Lipinski definition) is 2. The summed E-state index contributed by atoms with van der Waals surface area (Å²) in [5.74, 6) is 1.41. The van der Waals surface area contributed by atoms with E-state index in [4.69, 9.17) is 11.5 Å². The van der Waals surface area contributed by atoms with Crippen molar-refractivity contribution in [2.75, 3.05) is 17.7 Å². The molecule has 0 aliphatic heterocycles. The minimum atomic E-state index is -0.00583. The van der Waals surface area contributed by atoms with Gasteiger partial charge in [-0.05, 0) is 12.3 Å². The number of pyridine rings is 1. The van der Waals surface area contributed by atoms with Gasteiger partial charge in [-0.15, -0.1) is 0 Å². The highest BCUT2D eigenvalue weighted by Crippen LogP contribution is 2.18. The molecule has 3 nitrogen and oxygen atoms in total. The molecule has 0 saturated heterocycles. The molecule has 1 heterocycles. The van der Waals surface area contributed by atoms with E-state index in [1.54, 1.807) is 18.0 Å². The second kappa shape index (κ2) is 4.33. The lowest BCUT2D eigenvalue weighted by Gasteiger charge is -2.11. The van der Waals surface area contributed by atoms with Gasteiger partial charge in [0.1, 0.15) is 5.82 Å². The minimum absolute atomic E-state index is 0.00583. The van der Waals surface area contributed by atoms with Crippen LogP contribution in [-0.4, -0.2) is 17.0 Å².